The maximum absolute atomic E-state index is 10.9. The van der Waals surface area contributed by atoms with Crippen molar-refractivity contribution in [2.24, 2.45) is 0 Å². The average molecular weight is 168 g/mol. The Morgan fingerprint density at radius 2 is 2.25 bits per heavy atom. The molecule has 0 aromatic heterocycles. The SMILES string of the molecule is C#CCNC(=O)C1NC1C(=O)O. The van der Waals surface area contributed by atoms with Gasteiger partial charge in [0.2, 0.25) is 5.91 Å². The molecule has 0 aromatic rings. The molecular weight excluding hydrogens is 160 g/mol. The van der Waals surface area contributed by atoms with Gasteiger partial charge in [0.1, 0.15) is 12.1 Å². The van der Waals surface area contributed by atoms with Gasteiger partial charge in [0.05, 0.1) is 6.54 Å². The first-order valence-corrected chi connectivity index (χ1v) is 3.37. The summed E-state index contributed by atoms with van der Waals surface area (Å²) in [7, 11) is 0. The molecule has 1 amide bonds. The van der Waals surface area contributed by atoms with Crippen LogP contribution in [0.1, 0.15) is 0 Å². The van der Waals surface area contributed by atoms with Crippen LogP contribution >= 0.6 is 0 Å². The zero-order valence-corrected chi connectivity index (χ0v) is 6.20. The molecule has 64 valence electrons. The third kappa shape index (κ3) is 1.74. The van der Waals surface area contributed by atoms with Gasteiger partial charge in [0, 0.05) is 0 Å². The molecule has 0 spiro atoms. The lowest BCUT2D eigenvalue weighted by Gasteiger charge is -1.95. The molecule has 1 heterocycles. The predicted octanol–water partition coefficient (Wildman–Crippen LogP) is -1.84. The Balaban J connectivity index is 2.29. The maximum atomic E-state index is 10.9. The van der Waals surface area contributed by atoms with Crippen molar-refractivity contribution in [3.8, 4) is 12.3 Å². The molecule has 5 heteroatoms. The van der Waals surface area contributed by atoms with Gasteiger partial charge in [-0.05, 0) is 0 Å². The first-order chi connectivity index (χ1) is 5.66. The molecule has 1 fully saturated rings. The molecule has 1 rings (SSSR count). The summed E-state index contributed by atoms with van der Waals surface area (Å²) in [6, 6.07) is -1.36. The van der Waals surface area contributed by atoms with Crippen molar-refractivity contribution >= 4 is 11.9 Å². The van der Waals surface area contributed by atoms with E-state index in [1.165, 1.54) is 0 Å². The molecule has 0 aliphatic carbocycles. The Hall–Kier alpha value is -1.54. The average Bonchev–Trinajstić information content (AvgIpc) is 2.78. The zero-order chi connectivity index (χ0) is 9.14. The fraction of sp³-hybridized carbons (Fsp3) is 0.429. The minimum atomic E-state index is -1.02. The van der Waals surface area contributed by atoms with Crippen LogP contribution in [0.5, 0.6) is 0 Å². The number of aliphatic carboxylic acids is 1. The fourth-order valence-electron chi connectivity index (χ4n) is 0.827. The van der Waals surface area contributed by atoms with Crippen molar-refractivity contribution in [2.75, 3.05) is 6.54 Å². The van der Waals surface area contributed by atoms with E-state index in [4.69, 9.17) is 11.5 Å². The van der Waals surface area contributed by atoms with Crippen LogP contribution in [0.25, 0.3) is 0 Å². The van der Waals surface area contributed by atoms with Crippen molar-refractivity contribution in [1.29, 1.82) is 0 Å². The van der Waals surface area contributed by atoms with Crippen molar-refractivity contribution in [1.82, 2.24) is 10.6 Å². The molecule has 0 saturated carbocycles. The van der Waals surface area contributed by atoms with E-state index in [1.807, 2.05) is 0 Å². The van der Waals surface area contributed by atoms with Crippen molar-refractivity contribution in [3.63, 3.8) is 0 Å². The summed E-state index contributed by atoms with van der Waals surface area (Å²) < 4.78 is 0. The molecular formula is C7H8N2O3. The van der Waals surface area contributed by atoms with Crippen LogP contribution in [0.15, 0.2) is 0 Å². The van der Waals surface area contributed by atoms with E-state index in [-0.39, 0.29) is 12.5 Å². The highest BCUT2D eigenvalue weighted by atomic mass is 16.4. The summed E-state index contributed by atoms with van der Waals surface area (Å²) in [4.78, 5) is 21.2. The van der Waals surface area contributed by atoms with E-state index < -0.39 is 18.1 Å². The van der Waals surface area contributed by atoms with Crippen LogP contribution in [0, 0.1) is 12.3 Å². The third-order valence-electron chi connectivity index (χ3n) is 1.50. The smallest absolute Gasteiger partial charge is 0.322 e. The monoisotopic (exact) mass is 168 g/mol. The summed E-state index contributed by atoms with van der Waals surface area (Å²) in [5.74, 6) is 0.840. The van der Waals surface area contributed by atoms with Gasteiger partial charge in [-0.15, -0.1) is 6.42 Å². The maximum Gasteiger partial charge on any atom is 0.322 e. The summed E-state index contributed by atoms with van der Waals surface area (Å²) in [6.07, 6.45) is 4.89. The number of amides is 1. The topological polar surface area (TPSA) is 88.3 Å². The number of carboxylic acids is 1. The second-order valence-corrected chi connectivity index (χ2v) is 2.38. The number of rotatable bonds is 3. The Morgan fingerprint density at radius 1 is 1.58 bits per heavy atom. The second kappa shape index (κ2) is 3.24. The van der Waals surface area contributed by atoms with Crippen molar-refractivity contribution < 1.29 is 14.7 Å². The number of carbonyl (C=O) groups is 2. The largest absolute Gasteiger partial charge is 0.480 e. The molecule has 3 N–H and O–H groups in total. The Kier molecular flexibility index (Phi) is 2.31. The molecule has 1 aliphatic heterocycles. The molecule has 0 bridgehead atoms. The lowest BCUT2D eigenvalue weighted by atomic mass is 10.3. The number of carbonyl (C=O) groups excluding carboxylic acids is 1. The highest BCUT2D eigenvalue weighted by Gasteiger charge is 2.47. The zero-order valence-electron chi connectivity index (χ0n) is 6.20. The minimum Gasteiger partial charge on any atom is -0.480 e. The van der Waals surface area contributed by atoms with Crippen LogP contribution in [0.4, 0.5) is 0 Å². The van der Waals surface area contributed by atoms with Gasteiger partial charge in [-0.3, -0.25) is 14.9 Å². The van der Waals surface area contributed by atoms with Gasteiger partial charge in [-0.2, -0.15) is 0 Å². The van der Waals surface area contributed by atoms with E-state index in [1.54, 1.807) is 0 Å². The Labute approximate surface area is 69.1 Å². The van der Waals surface area contributed by atoms with E-state index in [0.717, 1.165) is 0 Å². The molecule has 1 saturated heterocycles. The molecule has 2 atom stereocenters. The standard InChI is InChI=1S/C7H8N2O3/c1-2-3-8-6(10)4-5(9-4)7(11)12/h1,4-5,9H,3H2,(H,8,10)(H,11,12). The molecule has 1 aliphatic rings. The van der Waals surface area contributed by atoms with Gasteiger partial charge in [0.25, 0.3) is 0 Å². The summed E-state index contributed by atoms with van der Waals surface area (Å²) in [5, 5.41) is 13.3. The molecule has 5 nitrogen and oxygen atoms in total. The van der Waals surface area contributed by atoms with Crippen LogP contribution in [-0.4, -0.2) is 35.6 Å². The molecule has 2 unspecified atom stereocenters. The number of hydrogen-bond acceptors (Lipinski definition) is 3. The minimum absolute atomic E-state index is 0.128. The van der Waals surface area contributed by atoms with Gasteiger partial charge in [0.15, 0.2) is 0 Å². The van der Waals surface area contributed by atoms with Gasteiger partial charge < -0.3 is 10.4 Å². The van der Waals surface area contributed by atoms with Gasteiger partial charge >= 0.3 is 5.97 Å². The number of terminal acetylenes is 1. The normalized spacial score (nSPS) is 25.6. The van der Waals surface area contributed by atoms with Crippen LogP contribution < -0.4 is 10.6 Å². The highest BCUT2D eigenvalue weighted by molar-refractivity contribution is 5.94. The van der Waals surface area contributed by atoms with Crippen molar-refractivity contribution in [2.45, 2.75) is 12.1 Å². The summed E-state index contributed by atoms with van der Waals surface area (Å²) in [6.45, 7) is 0.128. The molecule has 0 aromatic carbocycles. The predicted molar refractivity (Wildman–Crippen MR) is 40.2 cm³/mol. The highest BCUT2D eigenvalue weighted by Crippen LogP contribution is 2.10. The van der Waals surface area contributed by atoms with E-state index in [9.17, 15) is 9.59 Å². The molecule has 12 heavy (non-hydrogen) atoms. The third-order valence-corrected chi connectivity index (χ3v) is 1.50. The number of nitrogens with one attached hydrogen (secondary N) is 2. The first-order valence-electron chi connectivity index (χ1n) is 3.37. The number of carboxylic acid groups (broad SMARTS) is 1. The summed E-state index contributed by atoms with van der Waals surface area (Å²) in [5.41, 5.74) is 0. The number of hydrogen-bond donors (Lipinski definition) is 3. The molecule has 0 radical (unpaired) electrons. The van der Waals surface area contributed by atoms with E-state index >= 15 is 0 Å². The fourth-order valence-corrected chi connectivity index (χ4v) is 0.827. The first kappa shape index (κ1) is 8.56. The van der Waals surface area contributed by atoms with E-state index in [2.05, 4.69) is 16.6 Å². The van der Waals surface area contributed by atoms with Crippen molar-refractivity contribution in [3.05, 3.63) is 0 Å². The van der Waals surface area contributed by atoms with Crippen LogP contribution in [0.2, 0.25) is 0 Å². The van der Waals surface area contributed by atoms with Crippen LogP contribution in [-0.2, 0) is 9.59 Å². The van der Waals surface area contributed by atoms with E-state index in [0.29, 0.717) is 0 Å². The lowest BCUT2D eigenvalue weighted by molar-refractivity contribution is -0.137. The summed E-state index contributed by atoms with van der Waals surface area (Å²) >= 11 is 0. The van der Waals surface area contributed by atoms with Crippen LogP contribution in [0.3, 0.4) is 0 Å². The lowest BCUT2D eigenvalue weighted by Crippen LogP contribution is -2.31. The quantitative estimate of drug-likeness (QED) is 0.341. The Morgan fingerprint density at radius 3 is 2.67 bits per heavy atom. The Bertz CT molecular complexity index is 256. The van der Waals surface area contributed by atoms with Gasteiger partial charge in [-0.25, -0.2) is 0 Å². The van der Waals surface area contributed by atoms with Gasteiger partial charge in [-0.1, -0.05) is 5.92 Å². The second-order valence-electron chi connectivity index (χ2n) is 2.38.